The van der Waals surface area contributed by atoms with E-state index in [9.17, 15) is 4.79 Å². The van der Waals surface area contributed by atoms with Crippen molar-refractivity contribution in [3.63, 3.8) is 0 Å². The molecule has 2 fully saturated rings. The maximum atomic E-state index is 11.9. The Balaban J connectivity index is 1.38. The minimum atomic E-state index is -0.0508. The van der Waals surface area contributed by atoms with E-state index in [-0.39, 0.29) is 11.9 Å². The molecule has 0 aromatic heterocycles. The lowest BCUT2D eigenvalue weighted by atomic mass is 9.97. The van der Waals surface area contributed by atoms with Gasteiger partial charge in [-0.2, -0.15) is 0 Å². The van der Waals surface area contributed by atoms with Crippen molar-refractivity contribution < 1.29 is 9.53 Å². The van der Waals surface area contributed by atoms with Gasteiger partial charge in [-0.3, -0.25) is 14.7 Å². The number of nitrogens with one attached hydrogen (secondary N) is 1. The summed E-state index contributed by atoms with van der Waals surface area (Å²) in [5.41, 5.74) is 4.14. The first kappa shape index (κ1) is 23.4. The van der Waals surface area contributed by atoms with Crippen molar-refractivity contribution in [2.45, 2.75) is 33.6 Å². The van der Waals surface area contributed by atoms with Gasteiger partial charge in [-0.15, -0.1) is 0 Å². The van der Waals surface area contributed by atoms with Gasteiger partial charge in [0.1, 0.15) is 0 Å². The maximum absolute atomic E-state index is 11.9. The van der Waals surface area contributed by atoms with Gasteiger partial charge in [-0.05, 0) is 50.8 Å². The van der Waals surface area contributed by atoms with E-state index in [1.54, 1.807) is 0 Å². The minimum Gasteiger partial charge on any atom is -0.466 e. The van der Waals surface area contributed by atoms with Gasteiger partial charge in [0, 0.05) is 65.1 Å². The highest BCUT2D eigenvalue weighted by Gasteiger charge is 2.27. The van der Waals surface area contributed by atoms with Crippen molar-refractivity contribution >= 4 is 17.6 Å². The fraction of sp³-hybridized carbons (Fsp3) is 0.667. The molecular weight excluding hydrogens is 390 g/mol. The van der Waals surface area contributed by atoms with E-state index in [2.05, 4.69) is 57.1 Å². The number of esters is 1. The summed E-state index contributed by atoms with van der Waals surface area (Å²) in [6.07, 6.45) is 1.67. The van der Waals surface area contributed by atoms with Gasteiger partial charge < -0.3 is 19.9 Å². The zero-order chi connectivity index (χ0) is 22.2. The Morgan fingerprint density at radius 1 is 1.13 bits per heavy atom. The number of nitrogens with zero attached hydrogens (tertiary/aromatic N) is 4. The molecule has 0 saturated carbocycles. The van der Waals surface area contributed by atoms with E-state index in [0.717, 1.165) is 71.2 Å². The molecule has 0 unspecified atom stereocenters. The highest BCUT2D eigenvalue weighted by Crippen LogP contribution is 2.24. The number of ether oxygens (including phenoxy) is 1. The number of guanidine groups is 1. The summed E-state index contributed by atoms with van der Waals surface area (Å²) >= 11 is 0. The molecule has 172 valence electrons. The lowest BCUT2D eigenvalue weighted by Crippen LogP contribution is -2.51. The van der Waals surface area contributed by atoms with Crippen molar-refractivity contribution in [3.8, 4) is 0 Å². The van der Waals surface area contributed by atoms with Gasteiger partial charge in [-0.1, -0.05) is 12.1 Å². The molecule has 0 radical (unpaired) electrons. The summed E-state index contributed by atoms with van der Waals surface area (Å²) in [7, 11) is 1.84. The molecule has 7 heteroatoms. The Morgan fingerprint density at radius 2 is 1.84 bits per heavy atom. The van der Waals surface area contributed by atoms with Crippen LogP contribution in [0, 0.1) is 19.8 Å². The number of piperidine rings is 1. The molecule has 3 rings (SSSR count). The Bertz CT molecular complexity index is 750. The van der Waals surface area contributed by atoms with Crippen molar-refractivity contribution in [2.24, 2.45) is 10.9 Å². The van der Waals surface area contributed by atoms with Crippen LogP contribution in [0.1, 0.15) is 30.9 Å². The summed E-state index contributed by atoms with van der Waals surface area (Å²) in [4.78, 5) is 23.7. The Kier molecular flexibility index (Phi) is 8.58. The van der Waals surface area contributed by atoms with Crippen LogP contribution >= 0.6 is 0 Å². The van der Waals surface area contributed by atoms with E-state index in [0.29, 0.717) is 6.61 Å². The van der Waals surface area contributed by atoms with E-state index in [1.165, 1.54) is 16.8 Å². The highest BCUT2D eigenvalue weighted by molar-refractivity contribution is 5.80. The molecule has 0 amide bonds. The molecule has 1 aromatic carbocycles. The molecular formula is C24H39N5O2. The molecule has 7 nitrogen and oxygen atoms in total. The van der Waals surface area contributed by atoms with Gasteiger partial charge in [0.05, 0.1) is 12.5 Å². The third-order valence-corrected chi connectivity index (χ3v) is 6.63. The van der Waals surface area contributed by atoms with Crippen LogP contribution < -0.4 is 10.2 Å². The average Bonchev–Trinajstić information content (AvgIpc) is 2.79. The molecule has 1 aromatic rings. The number of anilines is 1. The van der Waals surface area contributed by atoms with Gasteiger partial charge in [0.15, 0.2) is 5.96 Å². The van der Waals surface area contributed by atoms with Crippen molar-refractivity contribution in [3.05, 3.63) is 29.3 Å². The number of aliphatic imine (C=N–C) groups is 1. The smallest absolute Gasteiger partial charge is 0.309 e. The van der Waals surface area contributed by atoms with Crippen LogP contribution in [0.15, 0.2) is 23.2 Å². The van der Waals surface area contributed by atoms with Gasteiger partial charge >= 0.3 is 5.97 Å². The third kappa shape index (κ3) is 6.12. The Morgan fingerprint density at radius 3 is 2.48 bits per heavy atom. The normalized spacial score (nSPS) is 18.9. The summed E-state index contributed by atoms with van der Waals surface area (Å²) in [6, 6.07) is 6.59. The quantitative estimate of drug-likeness (QED) is 0.425. The van der Waals surface area contributed by atoms with Crippen LogP contribution in [0.5, 0.6) is 0 Å². The highest BCUT2D eigenvalue weighted by atomic mass is 16.5. The molecule has 2 saturated heterocycles. The monoisotopic (exact) mass is 429 g/mol. The summed E-state index contributed by atoms with van der Waals surface area (Å²) < 4.78 is 5.17. The number of piperazine rings is 1. The van der Waals surface area contributed by atoms with Crippen molar-refractivity contribution in [1.82, 2.24) is 15.1 Å². The fourth-order valence-electron chi connectivity index (χ4n) is 4.54. The SMILES string of the molecule is CCOC(=O)C1CCN(C(=NC)NCCN2CCN(c3cccc(C)c3C)CC2)CC1. The van der Waals surface area contributed by atoms with E-state index in [1.807, 2.05) is 14.0 Å². The summed E-state index contributed by atoms with van der Waals surface area (Å²) in [5.74, 6) is 0.920. The van der Waals surface area contributed by atoms with Gasteiger partial charge in [0.2, 0.25) is 0 Å². The number of hydrogen-bond acceptors (Lipinski definition) is 5. The largest absolute Gasteiger partial charge is 0.466 e. The van der Waals surface area contributed by atoms with E-state index in [4.69, 9.17) is 4.74 Å². The van der Waals surface area contributed by atoms with Crippen LogP contribution in [0.3, 0.4) is 0 Å². The number of carbonyl (C=O) groups is 1. The summed E-state index contributed by atoms with van der Waals surface area (Å²) in [6.45, 7) is 14.6. The number of rotatable bonds is 6. The lowest BCUT2D eigenvalue weighted by molar-refractivity contribution is -0.149. The number of hydrogen-bond donors (Lipinski definition) is 1. The van der Waals surface area contributed by atoms with Crippen LogP contribution in [-0.2, 0) is 9.53 Å². The third-order valence-electron chi connectivity index (χ3n) is 6.63. The van der Waals surface area contributed by atoms with Crippen LogP contribution in [0.4, 0.5) is 5.69 Å². The Labute approximate surface area is 187 Å². The fourth-order valence-corrected chi connectivity index (χ4v) is 4.54. The van der Waals surface area contributed by atoms with Crippen LogP contribution in [0.2, 0.25) is 0 Å². The number of likely N-dealkylation sites (tertiary alicyclic amines) is 1. The molecule has 2 heterocycles. The first-order valence-electron chi connectivity index (χ1n) is 11.7. The molecule has 2 aliphatic rings. The Hall–Kier alpha value is -2.28. The second kappa shape index (κ2) is 11.4. The predicted octanol–water partition coefficient (Wildman–Crippen LogP) is 2.28. The zero-order valence-electron chi connectivity index (χ0n) is 19.7. The topological polar surface area (TPSA) is 60.4 Å². The molecule has 2 aliphatic heterocycles. The second-order valence-corrected chi connectivity index (χ2v) is 8.54. The standard InChI is InChI=1S/C24H39N5O2/c1-5-31-23(30)21-9-12-29(13-10-21)24(25-4)26-11-14-27-15-17-28(18-16-27)22-8-6-7-19(2)20(22)3/h6-8,21H,5,9-18H2,1-4H3,(H,25,26). The van der Waals surface area contributed by atoms with Crippen LogP contribution in [0.25, 0.3) is 0 Å². The minimum absolute atomic E-state index is 0.0302. The van der Waals surface area contributed by atoms with Gasteiger partial charge in [0.25, 0.3) is 0 Å². The van der Waals surface area contributed by atoms with E-state index < -0.39 is 0 Å². The van der Waals surface area contributed by atoms with E-state index >= 15 is 0 Å². The van der Waals surface area contributed by atoms with Crippen molar-refractivity contribution in [2.75, 3.05) is 70.9 Å². The molecule has 31 heavy (non-hydrogen) atoms. The predicted molar refractivity (Wildman–Crippen MR) is 127 cm³/mol. The zero-order valence-corrected chi connectivity index (χ0v) is 19.7. The molecule has 0 bridgehead atoms. The number of aryl methyl sites for hydroxylation is 1. The number of benzene rings is 1. The van der Waals surface area contributed by atoms with Crippen molar-refractivity contribution in [1.29, 1.82) is 0 Å². The lowest BCUT2D eigenvalue weighted by Gasteiger charge is -2.37. The van der Waals surface area contributed by atoms with Gasteiger partial charge in [-0.25, -0.2) is 0 Å². The maximum Gasteiger partial charge on any atom is 0.309 e. The average molecular weight is 430 g/mol. The first-order valence-corrected chi connectivity index (χ1v) is 11.7. The molecule has 1 N–H and O–H groups in total. The second-order valence-electron chi connectivity index (χ2n) is 8.54. The molecule has 0 aliphatic carbocycles. The summed E-state index contributed by atoms with van der Waals surface area (Å²) in [5, 5.41) is 3.52. The van der Waals surface area contributed by atoms with Crippen LogP contribution in [-0.4, -0.2) is 87.7 Å². The first-order chi connectivity index (χ1) is 15.0. The number of carbonyl (C=O) groups excluding carboxylic acids is 1. The molecule has 0 atom stereocenters. The molecule has 0 spiro atoms.